The normalized spacial score (nSPS) is 18.6. The van der Waals surface area contributed by atoms with Gasteiger partial charge in [-0.2, -0.15) is 0 Å². The lowest BCUT2D eigenvalue weighted by Gasteiger charge is -2.32. The third-order valence-electron chi connectivity index (χ3n) is 5.04. The van der Waals surface area contributed by atoms with E-state index < -0.39 is 0 Å². The van der Waals surface area contributed by atoms with Gasteiger partial charge in [0.25, 0.3) is 0 Å². The summed E-state index contributed by atoms with van der Waals surface area (Å²) in [6, 6.07) is 8.08. The Morgan fingerprint density at radius 1 is 1.12 bits per heavy atom. The smallest absolute Gasteiger partial charge is 0.399 e. The second-order valence-electron chi connectivity index (χ2n) is 7.49. The Morgan fingerprint density at radius 2 is 1.75 bits per heavy atom. The van der Waals surface area contributed by atoms with Crippen LogP contribution in [0.25, 0.3) is 0 Å². The molecule has 1 aromatic carbocycles. The molecule has 24 heavy (non-hydrogen) atoms. The van der Waals surface area contributed by atoms with E-state index in [-0.39, 0.29) is 24.2 Å². The number of carbonyl (C=O) groups is 1. The van der Waals surface area contributed by atoms with Gasteiger partial charge in [-0.1, -0.05) is 37.6 Å². The molecule has 0 aromatic heterocycles. The third-order valence-corrected chi connectivity index (χ3v) is 5.04. The maximum Gasteiger partial charge on any atom is 0.495 e. The first-order chi connectivity index (χ1) is 11.3. The van der Waals surface area contributed by atoms with Crippen LogP contribution in [0, 0.1) is 0 Å². The summed E-state index contributed by atoms with van der Waals surface area (Å²) in [5, 5.41) is 2.97. The van der Waals surface area contributed by atoms with Gasteiger partial charge in [-0.15, -0.1) is 0 Å². The van der Waals surface area contributed by atoms with Gasteiger partial charge in [0.05, 0.1) is 11.2 Å². The molecule has 0 unspecified atom stereocenters. The van der Waals surface area contributed by atoms with Crippen LogP contribution in [0.15, 0.2) is 24.3 Å². The van der Waals surface area contributed by atoms with Gasteiger partial charge in [-0.25, -0.2) is 0 Å². The minimum absolute atomic E-state index is 0.104. The minimum atomic E-state index is -0.380. The van der Waals surface area contributed by atoms with Gasteiger partial charge in [0.1, 0.15) is 0 Å². The number of hydrogen-bond acceptors (Lipinski definition) is 3. The van der Waals surface area contributed by atoms with Crippen LogP contribution in [0.1, 0.15) is 59.4 Å². The second kappa shape index (κ2) is 7.71. The highest BCUT2D eigenvalue weighted by Gasteiger charge is 2.52. The molecule has 1 aliphatic heterocycles. The maximum absolute atomic E-state index is 12.0. The molecule has 0 atom stereocenters. The number of rotatable bonds is 7. The molecule has 1 aromatic rings. The average molecular weight is 331 g/mol. The summed E-state index contributed by atoms with van der Waals surface area (Å²) in [5.41, 5.74) is 1.42. The van der Waals surface area contributed by atoms with Crippen LogP contribution < -0.4 is 10.8 Å². The van der Waals surface area contributed by atoms with Crippen LogP contribution >= 0.6 is 0 Å². The SMILES string of the molecule is CCCCNC(=O)CCc1ccccc1B1OC(C)(C)C(C)(C)O1. The van der Waals surface area contributed by atoms with E-state index in [1.165, 1.54) is 0 Å². The first-order valence-corrected chi connectivity index (χ1v) is 8.97. The largest absolute Gasteiger partial charge is 0.495 e. The number of amides is 1. The molecule has 132 valence electrons. The number of aryl methyl sites for hydroxylation is 1. The van der Waals surface area contributed by atoms with E-state index in [4.69, 9.17) is 9.31 Å². The van der Waals surface area contributed by atoms with Crippen molar-refractivity contribution in [3.63, 3.8) is 0 Å². The fraction of sp³-hybridized carbons (Fsp3) is 0.632. The Bertz CT molecular complexity index is 555. The van der Waals surface area contributed by atoms with E-state index in [1.54, 1.807) is 0 Å². The number of carbonyl (C=O) groups excluding carboxylic acids is 1. The quantitative estimate of drug-likeness (QED) is 0.617. The molecule has 1 saturated heterocycles. The zero-order valence-electron chi connectivity index (χ0n) is 15.6. The van der Waals surface area contributed by atoms with Crippen molar-refractivity contribution in [1.29, 1.82) is 0 Å². The highest BCUT2D eigenvalue weighted by atomic mass is 16.7. The topological polar surface area (TPSA) is 47.6 Å². The molecule has 1 fully saturated rings. The molecule has 5 heteroatoms. The zero-order valence-corrected chi connectivity index (χ0v) is 15.6. The van der Waals surface area contributed by atoms with Crippen LogP contribution in [0.2, 0.25) is 0 Å². The van der Waals surface area contributed by atoms with Crippen molar-refractivity contribution in [2.75, 3.05) is 6.54 Å². The summed E-state index contributed by atoms with van der Waals surface area (Å²) in [6.45, 7) is 11.1. The molecule has 0 spiro atoms. The average Bonchev–Trinajstić information content (AvgIpc) is 2.74. The van der Waals surface area contributed by atoms with Crippen molar-refractivity contribution >= 4 is 18.5 Å². The van der Waals surface area contributed by atoms with Crippen molar-refractivity contribution in [2.45, 2.75) is 71.5 Å². The lowest BCUT2D eigenvalue weighted by atomic mass is 9.75. The molecule has 1 N–H and O–H groups in total. The van der Waals surface area contributed by atoms with Crippen molar-refractivity contribution in [2.24, 2.45) is 0 Å². The van der Waals surface area contributed by atoms with Crippen LogP contribution in [-0.2, 0) is 20.5 Å². The van der Waals surface area contributed by atoms with E-state index in [2.05, 4.69) is 46.0 Å². The predicted octanol–water partition coefficient (Wildman–Crippen LogP) is 2.83. The Kier molecular flexibility index (Phi) is 6.10. The van der Waals surface area contributed by atoms with E-state index in [1.807, 2.05) is 18.2 Å². The van der Waals surface area contributed by atoms with Gasteiger partial charge in [0, 0.05) is 13.0 Å². The highest BCUT2D eigenvalue weighted by Crippen LogP contribution is 2.36. The van der Waals surface area contributed by atoms with Crippen molar-refractivity contribution in [1.82, 2.24) is 5.32 Å². The number of hydrogen-bond donors (Lipinski definition) is 1. The molecule has 0 aliphatic carbocycles. The molecule has 0 saturated carbocycles. The van der Waals surface area contributed by atoms with Crippen molar-refractivity contribution < 1.29 is 14.1 Å². The van der Waals surface area contributed by atoms with Crippen molar-refractivity contribution in [3.05, 3.63) is 29.8 Å². The Labute approximate surface area is 146 Å². The predicted molar refractivity (Wildman–Crippen MR) is 98.4 cm³/mol. The molecule has 1 aliphatic rings. The first kappa shape index (κ1) is 19.0. The molecule has 0 bridgehead atoms. The van der Waals surface area contributed by atoms with E-state index in [0.717, 1.165) is 30.4 Å². The lowest BCUT2D eigenvalue weighted by Crippen LogP contribution is -2.41. The lowest BCUT2D eigenvalue weighted by molar-refractivity contribution is -0.121. The standard InChI is InChI=1S/C19H30BNO3/c1-6-7-14-21-17(22)13-12-15-10-8-9-11-16(15)20-23-18(2,3)19(4,5)24-20/h8-11H,6-7,12-14H2,1-5H3,(H,21,22). The summed E-state index contributed by atoms with van der Waals surface area (Å²) < 4.78 is 12.3. The van der Waals surface area contributed by atoms with E-state index >= 15 is 0 Å². The van der Waals surface area contributed by atoms with Crippen LogP contribution in [0.3, 0.4) is 0 Å². The number of nitrogens with one attached hydrogen (secondary N) is 1. The van der Waals surface area contributed by atoms with Gasteiger partial charge in [0.15, 0.2) is 0 Å². The molecular formula is C19H30BNO3. The van der Waals surface area contributed by atoms with Crippen LogP contribution in [0.4, 0.5) is 0 Å². The summed E-state index contributed by atoms with van der Waals surface area (Å²) in [5.74, 6) is 0.104. The summed E-state index contributed by atoms with van der Waals surface area (Å²) in [7, 11) is -0.380. The minimum Gasteiger partial charge on any atom is -0.399 e. The Morgan fingerprint density at radius 3 is 2.38 bits per heavy atom. The van der Waals surface area contributed by atoms with Gasteiger partial charge in [-0.3, -0.25) is 4.79 Å². The molecule has 2 rings (SSSR count). The van der Waals surface area contributed by atoms with Gasteiger partial charge < -0.3 is 14.6 Å². The Hall–Kier alpha value is -1.33. The maximum atomic E-state index is 12.0. The summed E-state index contributed by atoms with van der Waals surface area (Å²) in [4.78, 5) is 12.0. The third kappa shape index (κ3) is 4.39. The van der Waals surface area contributed by atoms with Crippen LogP contribution in [0.5, 0.6) is 0 Å². The highest BCUT2D eigenvalue weighted by molar-refractivity contribution is 6.62. The van der Waals surface area contributed by atoms with Crippen LogP contribution in [-0.4, -0.2) is 30.8 Å². The van der Waals surface area contributed by atoms with Gasteiger partial charge >= 0.3 is 7.12 Å². The molecule has 1 amide bonds. The fourth-order valence-corrected chi connectivity index (χ4v) is 2.70. The molecule has 1 heterocycles. The van der Waals surface area contributed by atoms with Gasteiger partial charge in [0.2, 0.25) is 5.91 Å². The molecule has 4 nitrogen and oxygen atoms in total. The van der Waals surface area contributed by atoms with Gasteiger partial charge in [-0.05, 0) is 51.6 Å². The zero-order chi connectivity index (χ0) is 17.8. The molecular weight excluding hydrogens is 301 g/mol. The summed E-state index contributed by atoms with van der Waals surface area (Å²) >= 11 is 0. The fourth-order valence-electron chi connectivity index (χ4n) is 2.70. The number of unbranched alkanes of at least 4 members (excludes halogenated alkanes) is 1. The van der Waals surface area contributed by atoms with E-state index in [9.17, 15) is 4.79 Å². The number of benzene rings is 1. The Balaban J connectivity index is 2.02. The van der Waals surface area contributed by atoms with Crippen molar-refractivity contribution in [3.8, 4) is 0 Å². The second-order valence-corrected chi connectivity index (χ2v) is 7.49. The molecule has 0 radical (unpaired) electrons. The first-order valence-electron chi connectivity index (χ1n) is 8.97. The summed E-state index contributed by atoms with van der Waals surface area (Å²) in [6.07, 6.45) is 3.29. The van der Waals surface area contributed by atoms with E-state index in [0.29, 0.717) is 12.8 Å². The monoisotopic (exact) mass is 331 g/mol.